The van der Waals surface area contributed by atoms with E-state index in [4.69, 9.17) is 4.74 Å². The molecular weight excluding hydrogens is 342 g/mol. The molecule has 1 amide bonds. The van der Waals surface area contributed by atoms with Gasteiger partial charge in [0.25, 0.3) is 5.91 Å². The van der Waals surface area contributed by atoms with Crippen LogP contribution >= 0.6 is 0 Å². The van der Waals surface area contributed by atoms with E-state index in [1.165, 1.54) is 0 Å². The molecule has 0 unspecified atom stereocenters. The van der Waals surface area contributed by atoms with Gasteiger partial charge in [0.1, 0.15) is 5.60 Å². The molecule has 0 bridgehead atoms. The summed E-state index contributed by atoms with van der Waals surface area (Å²) in [6.45, 7) is 13.6. The van der Waals surface area contributed by atoms with Crippen LogP contribution in [0.25, 0.3) is 0 Å². The van der Waals surface area contributed by atoms with Crippen molar-refractivity contribution in [2.45, 2.75) is 85.0 Å². The number of benzene rings is 1. The molecule has 0 aliphatic rings. The molecule has 0 radical (unpaired) electrons. The molecular formula is C22H35NO4. The SMILES string of the molecule is CCC[C@H](O)c1ccc(C(=O)N(CCC(=O)OC(C)(C)C)C(C)(C)C)cc1. The van der Waals surface area contributed by atoms with E-state index in [-0.39, 0.29) is 24.8 Å². The van der Waals surface area contributed by atoms with Gasteiger partial charge in [0, 0.05) is 17.6 Å². The lowest BCUT2D eigenvalue weighted by Gasteiger charge is -2.36. The summed E-state index contributed by atoms with van der Waals surface area (Å²) in [6, 6.07) is 7.07. The number of aliphatic hydroxyl groups is 1. The number of rotatable bonds is 7. The standard InChI is InChI=1S/C22H35NO4/c1-8-9-18(24)16-10-12-17(13-11-16)20(26)23(21(2,3)4)15-14-19(25)27-22(5,6)7/h10-13,18,24H,8-9,14-15H2,1-7H3/t18-/m0/s1. The van der Waals surface area contributed by atoms with E-state index in [0.29, 0.717) is 12.0 Å². The van der Waals surface area contributed by atoms with Gasteiger partial charge in [-0.25, -0.2) is 0 Å². The number of nitrogens with zero attached hydrogens (tertiary/aromatic N) is 1. The Labute approximate surface area is 163 Å². The van der Waals surface area contributed by atoms with E-state index in [1.54, 1.807) is 29.2 Å². The summed E-state index contributed by atoms with van der Waals surface area (Å²) in [5.41, 5.74) is 0.383. The molecule has 0 spiro atoms. The van der Waals surface area contributed by atoms with Crippen molar-refractivity contribution in [2.75, 3.05) is 6.54 Å². The Morgan fingerprint density at radius 1 is 1.07 bits per heavy atom. The molecule has 1 atom stereocenters. The minimum absolute atomic E-state index is 0.136. The molecule has 0 saturated heterocycles. The number of aliphatic hydroxyl groups excluding tert-OH is 1. The van der Waals surface area contributed by atoms with Crippen LogP contribution in [0.5, 0.6) is 0 Å². The Balaban J connectivity index is 2.88. The molecule has 0 aliphatic heterocycles. The molecule has 0 saturated carbocycles. The predicted molar refractivity (Wildman–Crippen MR) is 108 cm³/mol. The van der Waals surface area contributed by atoms with Gasteiger partial charge in [0.15, 0.2) is 0 Å². The van der Waals surface area contributed by atoms with Crippen LogP contribution in [0.4, 0.5) is 0 Å². The van der Waals surface area contributed by atoms with E-state index >= 15 is 0 Å². The third kappa shape index (κ3) is 7.71. The van der Waals surface area contributed by atoms with Gasteiger partial charge in [0.2, 0.25) is 0 Å². The lowest BCUT2D eigenvalue weighted by atomic mass is 10.0. The number of amides is 1. The Kier molecular flexibility index (Phi) is 8.03. The Morgan fingerprint density at radius 3 is 2.07 bits per heavy atom. The summed E-state index contributed by atoms with van der Waals surface area (Å²) in [5.74, 6) is -0.454. The van der Waals surface area contributed by atoms with Crippen molar-refractivity contribution in [3.8, 4) is 0 Å². The smallest absolute Gasteiger partial charge is 0.308 e. The molecule has 1 rings (SSSR count). The van der Waals surface area contributed by atoms with E-state index in [2.05, 4.69) is 0 Å². The summed E-state index contributed by atoms with van der Waals surface area (Å²) in [6.07, 6.45) is 1.22. The van der Waals surface area contributed by atoms with E-state index < -0.39 is 17.2 Å². The van der Waals surface area contributed by atoms with Gasteiger partial charge in [-0.3, -0.25) is 9.59 Å². The first-order chi connectivity index (χ1) is 12.3. The van der Waals surface area contributed by atoms with Gasteiger partial charge in [-0.05, 0) is 65.7 Å². The second-order valence-electron chi connectivity index (χ2n) is 8.89. The zero-order valence-corrected chi connectivity index (χ0v) is 17.8. The third-order valence-corrected chi connectivity index (χ3v) is 4.12. The van der Waals surface area contributed by atoms with Crippen LogP contribution in [0, 0.1) is 0 Å². The molecule has 1 N–H and O–H groups in total. The van der Waals surface area contributed by atoms with E-state index in [9.17, 15) is 14.7 Å². The molecule has 5 heteroatoms. The van der Waals surface area contributed by atoms with Crippen molar-refractivity contribution in [3.63, 3.8) is 0 Å². The normalized spacial score (nSPS) is 13.2. The molecule has 0 aromatic heterocycles. The molecule has 1 aromatic rings. The number of carbonyl (C=O) groups excluding carboxylic acids is 2. The van der Waals surface area contributed by atoms with E-state index in [0.717, 1.165) is 12.0 Å². The lowest BCUT2D eigenvalue weighted by molar-refractivity contribution is -0.155. The summed E-state index contributed by atoms with van der Waals surface area (Å²) >= 11 is 0. The molecule has 1 aromatic carbocycles. The Bertz CT molecular complexity index is 623. The molecule has 0 aliphatic carbocycles. The van der Waals surface area contributed by atoms with Crippen LogP contribution in [0.1, 0.15) is 89.8 Å². The van der Waals surface area contributed by atoms with E-state index in [1.807, 2.05) is 48.5 Å². The van der Waals surface area contributed by atoms with Gasteiger partial charge in [-0.15, -0.1) is 0 Å². The molecule has 5 nitrogen and oxygen atoms in total. The zero-order chi connectivity index (χ0) is 20.8. The topological polar surface area (TPSA) is 66.8 Å². The largest absolute Gasteiger partial charge is 0.460 e. The van der Waals surface area contributed by atoms with Crippen molar-refractivity contribution in [1.29, 1.82) is 0 Å². The van der Waals surface area contributed by atoms with Crippen molar-refractivity contribution >= 4 is 11.9 Å². The van der Waals surface area contributed by atoms with Crippen LogP contribution in [0.15, 0.2) is 24.3 Å². The average Bonchev–Trinajstić information content (AvgIpc) is 2.52. The lowest BCUT2D eigenvalue weighted by Crippen LogP contribution is -2.46. The fourth-order valence-electron chi connectivity index (χ4n) is 2.78. The highest BCUT2D eigenvalue weighted by Crippen LogP contribution is 2.22. The van der Waals surface area contributed by atoms with Gasteiger partial charge < -0.3 is 14.7 Å². The second-order valence-corrected chi connectivity index (χ2v) is 8.89. The monoisotopic (exact) mass is 377 g/mol. The van der Waals surface area contributed by atoms with Crippen LogP contribution in [0.2, 0.25) is 0 Å². The first-order valence-electron chi connectivity index (χ1n) is 9.67. The number of hydrogen-bond acceptors (Lipinski definition) is 4. The number of esters is 1. The number of hydrogen-bond donors (Lipinski definition) is 1. The van der Waals surface area contributed by atoms with Crippen molar-refractivity contribution in [3.05, 3.63) is 35.4 Å². The average molecular weight is 378 g/mol. The summed E-state index contributed by atoms with van der Waals surface area (Å²) in [4.78, 5) is 26.7. The van der Waals surface area contributed by atoms with Crippen molar-refractivity contribution in [2.24, 2.45) is 0 Å². The minimum Gasteiger partial charge on any atom is -0.460 e. The first kappa shape index (κ1) is 23.2. The number of ether oxygens (including phenoxy) is 1. The van der Waals surface area contributed by atoms with Crippen molar-refractivity contribution in [1.82, 2.24) is 4.90 Å². The highest BCUT2D eigenvalue weighted by atomic mass is 16.6. The summed E-state index contributed by atoms with van der Waals surface area (Å²) < 4.78 is 5.35. The van der Waals surface area contributed by atoms with Gasteiger partial charge in [0.05, 0.1) is 12.5 Å². The number of carbonyl (C=O) groups is 2. The summed E-state index contributed by atoms with van der Waals surface area (Å²) in [5, 5.41) is 10.1. The zero-order valence-electron chi connectivity index (χ0n) is 17.8. The molecule has 27 heavy (non-hydrogen) atoms. The van der Waals surface area contributed by atoms with Crippen molar-refractivity contribution < 1.29 is 19.4 Å². The quantitative estimate of drug-likeness (QED) is 0.711. The maximum atomic E-state index is 13.0. The minimum atomic E-state index is -0.539. The second kappa shape index (κ2) is 9.36. The van der Waals surface area contributed by atoms with Crippen LogP contribution in [-0.2, 0) is 9.53 Å². The fourth-order valence-corrected chi connectivity index (χ4v) is 2.78. The maximum absolute atomic E-state index is 13.0. The van der Waals surface area contributed by atoms with Gasteiger partial charge in [-0.1, -0.05) is 25.5 Å². The predicted octanol–water partition coefficient (Wildman–Crippen LogP) is 4.49. The maximum Gasteiger partial charge on any atom is 0.308 e. The fraction of sp³-hybridized carbons (Fsp3) is 0.636. The molecule has 0 heterocycles. The third-order valence-electron chi connectivity index (χ3n) is 4.12. The molecule has 152 valence electrons. The summed E-state index contributed by atoms with van der Waals surface area (Å²) in [7, 11) is 0. The van der Waals surface area contributed by atoms with Gasteiger partial charge in [-0.2, -0.15) is 0 Å². The first-order valence-corrected chi connectivity index (χ1v) is 9.67. The van der Waals surface area contributed by atoms with Crippen LogP contribution < -0.4 is 0 Å². The Morgan fingerprint density at radius 2 is 1.63 bits per heavy atom. The highest BCUT2D eigenvalue weighted by molar-refractivity contribution is 5.95. The van der Waals surface area contributed by atoms with Crippen LogP contribution in [-0.4, -0.2) is 39.6 Å². The van der Waals surface area contributed by atoms with Crippen LogP contribution in [0.3, 0.4) is 0 Å². The van der Waals surface area contributed by atoms with Gasteiger partial charge >= 0.3 is 5.97 Å². The molecule has 0 fully saturated rings. The Hall–Kier alpha value is -1.88. The highest BCUT2D eigenvalue weighted by Gasteiger charge is 2.28.